The van der Waals surface area contributed by atoms with Crippen LogP contribution in [0.4, 0.5) is 16.2 Å². The molecule has 0 bridgehead atoms. The van der Waals surface area contributed by atoms with Crippen LogP contribution in [0.5, 0.6) is 11.5 Å². The van der Waals surface area contributed by atoms with Crippen LogP contribution in [0.25, 0.3) is 0 Å². The predicted octanol–water partition coefficient (Wildman–Crippen LogP) is 5.79. The summed E-state index contributed by atoms with van der Waals surface area (Å²) in [5.74, 6) is 0.106. The topological polar surface area (TPSA) is 81.6 Å². The van der Waals surface area contributed by atoms with E-state index < -0.39 is 6.03 Å². The molecule has 2 amide bonds. The molecule has 116 valence electrons. The number of halogens is 4. The van der Waals surface area contributed by atoms with Crippen LogP contribution < -0.4 is 10.6 Å². The van der Waals surface area contributed by atoms with E-state index >= 15 is 0 Å². The number of phenolic OH excluding ortho intramolecular Hbond substituents is 2. The first-order valence-electron chi connectivity index (χ1n) is 5.72. The molecule has 4 N–H and O–H groups in total. The molecule has 0 aliphatic carbocycles. The quantitative estimate of drug-likeness (QED) is 0.352. The average molecular weight is 560 g/mol. The normalized spacial score (nSPS) is 10.4. The lowest BCUT2D eigenvalue weighted by Gasteiger charge is -2.11. The highest BCUT2D eigenvalue weighted by molar-refractivity contribution is 9.11. The summed E-state index contributed by atoms with van der Waals surface area (Å²) in [5, 5.41) is 24.5. The second kappa shape index (κ2) is 7.20. The number of hydrogen-bond donors (Lipinski definition) is 4. The molecular formula is C13H8Br4N2O3. The number of hydrogen-bond acceptors (Lipinski definition) is 3. The number of phenols is 2. The zero-order valence-electron chi connectivity index (χ0n) is 10.6. The molecule has 0 unspecified atom stereocenters. The Morgan fingerprint density at radius 1 is 0.727 bits per heavy atom. The minimum atomic E-state index is -0.464. The lowest BCUT2D eigenvalue weighted by molar-refractivity contribution is 0.262. The van der Waals surface area contributed by atoms with E-state index in [9.17, 15) is 15.0 Å². The fourth-order valence-electron chi connectivity index (χ4n) is 1.57. The van der Waals surface area contributed by atoms with E-state index in [4.69, 9.17) is 0 Å². The number of urea groups is 1. The summed E-state index contributed by atoms with van der Waals surface area (Å²) in [5.41, 5.74) is 0.983. The Balaban J connectivity index is 2.14. The van der Waals surface area contributed by atoms with E-state index in [0.29, 0.717) is 29.3 Å². The molecule has 5 nitrogen and oxygen atoms in total. The minimum absolute atomic E-state index is 0.0531. The Morgan fingerprint density at radius 3 is 1.27 bits per heavy atom. The molecular weight excluding hydrogens is 552 g/mol. The van der Waals surface area contributed by atoms with Gasteiger partial charge in [-0.05, 0) is 88.0 Å². The number of rotatable bonds is 2. The summed E-state index contributed by atoms with van der Waals surface area (Å²) in [6.45, 7) is 0. The van der Waals surface area contributed by atoms with Crippen LogP contribution >= 0.6 is 63.7 Å². The van der Waals surface area contributed by atoms with Crippen molar-refractivity contribution >= 4 is 81.1 Å². The summed E-state index contributed by atoms with van der Waals surface area (Å²) < 4.78 is 1.80. The van der Waals surface area contributed by atoms with Gasteiger partial charge in [0.05, 0.1) is 17.9 Å². The van der Waals surface area contributed by atoms with E-state index in [-0.39, 0.29) is 11.5 Å². The third-order valence-corrected chi connectivity index (χ3v) is 4.97. The third-order valence-electron chi connectivity index (χ3n) is 2.55. The van der Waals surface area contributed by atoms with E-state index in [1.807, 2.05) is 0 Å². The van der Waals surface area contributed by atoms with Crippen molar-refractivity contribution in [3.63, 3.8) is 0 Å². The van der Waals surface area contributed by atoms with Crippen molar-refractivity contribution in [3.8, 4) is 11.5 Å². The molecule has 0 aliphatic heterocycles. The highest BCUT2D eigenvalue weighted by atomic mass is 79.9. The third kappa shape index (κ3) is 4.15. The maximum Gasteiger partial charge on any atom is 0.323 e. The van der Waals surface area contributed by atoms with Crippen LogP contribution in [-0.2, 0) is 0 Å². The van der Waals surface area contributed by atoms with Gasteiger partial charge in [-0.15, -0.1) is 0 Å². The van der Waals surface area contributed by atoms with Crippen molar-refractivity contribution in [1.29, 1.82) is 0 Å². The molecule has 2 aromatic rings. The first-order chi connectivity index (χ1) is 10.3. The van der Waals surface area contributed by atoms with Gasteiger partial charge in [-0.2, -0.15) is 0 Å². The van der Waals surface area contributed by atoms with Crippen LogP contribution in [-0.4, -0.2) is 16.2 Å². The Morgan fingerprint density at radius 2 is 1.00 bits per heavy atom. The van der Waals surface area contributed by atoms with Crippen molar-refractivity contribution in [1.82, 2.24) is 0 Å². The van der Waals surface area contributed by atoms with Gasteiger partial charge in [0.15, 0.2) is 0 Å². The van der Waals surface area contributed by atoms with Gasteiger partial charge < -0.3 is 20.8 Å². The number of aromatic hydroxyl groups is 2. The molecule has 0 aliphatic rings. The maximum absolute atomic E-state index is 12.0. The first-order valence-corrected chi connectivity index (χ1v) is 8.89. The zero-order chi connectivity index (χ0) is 16.4. The average Bonchev–Trinajstić information content (AvgIpc) is 2.41. The van der Waals surface area contributed by atoms with Crippen LogP contribution in [0.2, 0.25) is 0 Å². The molecule has 22 heavy (non-hydrogen) atoms. The zero-order valence-corrected chi connectivity index (χ0v) is 17.0. The van der Waals surface area contributed by atoms with Gasteiger partial charge >= 0.3 is 6.03 Å². The highest BCUT2D eigenvalue weighted by Crippen LogP contribution is 2.36. The van der Waals surface area contributed by atoms with Gasteiger partial charge in [0.25, 0.3) is 0 Å². The fraction of sp³-hybridized carbons (Fsp3) is 0. The van der Waals surface area contributed by atoms with E-state index in [2.05, 4.69) is 74.4 Å². The Bertz CT molecular complexity index is 645. The Kier molecular flexibility index (Phi) is 5.76. The fourth-order valence-corrected chi connectivity index (χ4v) is 3.94. The van der Waals surface area contributed by atoms with Crippen molar-refractivity contribution in [2.24, 2.45) is 0 Å². The molecule has 2 aromatic carbocycles. The standard InChI is InChI=1S/C13H8Br4N2O3/c14-7-1-5(2-8(15)11(7)20)18-13(22)19-6-3-9(16)12(21)10(17)4-6/h1-4,20-21H,(H2,18,19,22). The summed E-state index contributed by atoms with van der Waals surface area (Å²) in [6.07, 6.45) is 0. The summed E-state index contributed by atoms with van der Waals surface area (Å²) in [7, 11) is 0. The highest BCUT2D eigenvalue weighted by Gasteiger charge is 2.11. The van der Waals surface area contributed by atoms with Gasteiger partial charge in [-0.1, -0.05) is 0 Å². The van der Waals surface area contributed by atoms with Gasteiger partial charge in [0.2, 0.25) is 0 Å². The van der Waals surface area contributed by atoms with E-state index in [0.717, 1.165) is 0 Å². The van der Waals surface area contributed by atoms with Crippen LogP contribution in [0.3, 0.4) is 0 Å². The van der Waals surface area contributed by atoms with Crippen molar-refractivity contribution in [2.75, 3.05) is 10.6 Å². The Labute approximate surface area is 159 Å². The lowest BCUT2D eigenvalue weighted by Crippen LogP contribution is -2.19. The number of nitrogens with one attached hydrogen (secondary N) is 2. The van der Waals surface area contributed by atoms with Crippen LogP contribution in [0.15, 0.2) is 42.2 Å². The minimum Gasteiger partial charge on any atom is -0.506 e. The summed E-state index contributed by atoms with van der Waals surface area (Å²) >= 11 is 12.8. The second-order valence-electron chi connectivity index (χ2n) is 4.16. The molecule has 0 saturated heterocycles. The SMILES string of the molecule is O=C(Nc1cc(Br)c(O)c(Br)c1)Nc1cc(Br)c(O)c(Br)c1. The number of amides is 2. The number of carbonyl (C=O) groups excluding carboxylic acids is 1. The molecule has 2 rings (SSSR count). The molecule has 0 spiro atoms. The maximum atomic E-state index is 12.0. The largest absolute Gasteiger partial charge is 0.506 e. The van der Waals surface area contributed by atoms with Gasteiger partial charge in [0, 0.05) is 11.4 Å². The smallest absolute Gasteiger partial charge is 0.323 e. The van der Waals surface area contributed by atoms with Gasteiger partial charge in [-0.25, -0.2) is 4.79 Å². The molecule has 0 fully saturated rings. The van der Waals surface area contributed by atoms with Crippen LogP contribution in [0.1, 0.15) is 0 Å². The van der Waals surface area contributed by atoms with Crippen molar-refractivity contribution in [3.05, 3.63) is 42.2 Å². The first kappa shape index (κ1) is 17.6. The summed E-state index contributed by atoms with van der Waals surface area (Å²) in [4.78, 5) is 12.0. The van der Waals surface area contributed by atoms with Crippen LogP contribution in [0, 0.1) is 0 Å². The molecule has 0 heterocycles. The monoisotopic (exact) mass is 556 g/mol. The van der Waals surface area contributed by atoms with E-state index in [1.54, 1.807) is 24.3 Å². The molecule has 0 radical (unpaired) electrons. The molecule has 0 saturated carbocycles. The summed E-state index contributed by atoms with van der Waals surface area (Å²) in [6, 6.07) is 5.82. The number of benzene rings is 2. The van der Waals surface area contributed by atoms with Gasteiger partial charge in [0.1, 0.15) is 11.5 Å². The Hall–Kier alpha value is -0.770. The molecule has 0 atom stereocenters. The number of anilines is 2. The number of carbonyl (C=O) groups is 1. The van der Waals surface area contributed by atoms with Crippen molar-refractivity contribution < 1.29 is 15.0 Å². The second-order valence-corrected chi connectivity index (χ2v) is 7.57. The van der Waals surface area contributed by atoms with E-state index in [1.165, 1.54) is 0 Å². The predicted molar refractivity (Wildman–Crippen MR) is 99.7 cm³/mol. The molecule has 0 aromatic heterocycles. The molecule has 9 heteroatoms. The van der Waals surface area contributed by atoms with Gasteiger partial charge in [-0.3, -0.25) is 0 Å². The van der Waals surface area contributed by atoms with Crippen molar-refractivity contribution in [2.45, 2.75) is 0 Å². The lowest BCUT2D eigenvalue weighted by atomic mass is 10.3.